The Morgan fingerprint density at radius 3 is 2.33 bits per heavy atom. The lowest BCUT2D eigenvalue weighted by Crippen LogP contribution is -2.38. The van der Waals surface area contributed by atoms with Gasteiger partial charge >= 0.3 is 0 Å². The van der Waals surface area contributed by atoms with Crippen molar-refractivity contribution < 1.29 is 0 Å². The summed E-state index contributed by atoms with van der Waals surface area (Å²) in [6.45, 7) is 6.20. The molecular formula is C13H24N2. The Balaban J connectivity index is 2.38. The van der Waals surface area contributed by atoms with Crippen LogP contribution < -0.4 is 0 Å². The fourth-order valence-corrected chi connectivity index (χ4v) is 2.69. The van der Waals surface area contributed by atoms with Gasteiger partial charge in [-0.1, -0.05) is 20.3 Å². The molecule has 0 amide bonds. The van der Waals surface area contributed by atoms with Crippen LogP contribution in [0, 0.1) is 17.2 Å². The van der Waals surface area contributed by atoms with E-state index in [4.69, 9.17) is 5.26 Å². The second-order valence-corrected chi connectivity index (χ2v) is 4.71. The molecule has 15 heavy (non-hydrogen) atoms. The molecule has 0 atom stereocenters. The second kappa shape index (κ2) is 6.85. The lowest BCUT2D eigenvalue weighted by molar-refractivity contribution is 0.150. The van der Waals surface area contributed by atoms with Crippen molar-refractivity contribution in [2.75, 3.05) is 13.1 Å². The third kappa shape index (κ3) is 3.83. The molecule has 0 spiro atoms. The van der Waals surface area contributed by atoms with Crippen LogP contribution in [0.4, 0.5) is 0 Å². The van der Waals surface area contributed by atoms with E-state index in [0.717, 1.165) is 18.9 Å². The molecule has 1 aliphatic rings. The lowest BCUT2D eigenvalue weighted by Gasteiger charge is -2.35. The fourth-order valence-electron chi connectivity index (χ4n) is 2.69. The van der Waals surface area contributed by atoms with E-state index < -0.39 is 0 Å². The van der Waals surface area contributed by atoms with Crippen LogP contribution >= 0.6 is 0 Å². The van der Waals surface area contributed by atoms with Gasteiger partial charge < -0.3 is 0 Å². The van der Waals surface area contributed by atoms with Crippen molar-refractivity contribution >= 4 is 0 Å². The Kier molecular flexibility index (Phi) is 5.71. The van der Waals surface area contributed by atoms with Crippen molar-refractivity contribution in [1.82, 2.24) is 4.90 Å². The van der Waals surface area contributed by atoms with Gasteiger partial charge in [0.05, 0.1) is 12.6 Å². The first-order valence-electron chi connectivity index (χ1n) is 6.42. The zero-order chi connectivity index (χ0) is 11.1. The summed E-state index contributed by atoms with van der Waals surface area (Å²) in [6.07, 6.45) is 7.84. The van der Waals surface area contributed by atoms with Gasteiger partial charge in [0.1, 0.15) is 0 Å². The van der Waals surface area contributed by atoms with Gasteiger partial charge in [-0.25, -0.2) is 0 Å². The SMILES string of the molecule is CCCN(CC#N)C1CCC(CC)CC1. The molecule has 0 aromatic carbocycles. The molecule has 2 nitrogen and oxygen atoms in total. The molecule has 0 aromatic rings. The molecule has 1 aliphatic carbocycles. The topological polar surface area (TPSA) is 27.0 Å². The average Bonchev–Trinajstić information content (AvgIpc) is 2.29. The smallest absolute Gasteiger partial charge is 0.0868 e. The summed E-state index contributed by atoms with van der Waals surface area (Å²) in [7, 11) is 0. The summed E-state index contributed by atoms with van der Waals surface area (Å²) in [5.74, 6) is 0.951. The number of nitriles is 1. The molecule has 0 bridgehead atoms. The maximum atomic E-state index is 8.80. The monoisotopic (exact) mass is 208 g/mol. The molecule has 0 aliphatic heterocycles. The minimum Gasteiger partial charge on any atom is -0.288 e. The Hall–Kier alpha value is -0.550. The number of nitrogens with zero attached hydrogens (tertiary/aromatic N) is 2. The van der Waals surface area contributed by atoms with Crippen molar-refractivity contribution in [3.8, 4) is 6.07 Å². The molecule has 86 valence electrons. The van der Waals surface area contributed by atoms with Crippen LogP contribution in [0.15, 0.2) is 0 Å². The maximum absolute atomic E-state index is 8.80. The fraction of sp³-hybridized carbons (Fsp3) is 0.923. The van der Waals surface area contributed by atoms with E-state index in [-0.39, 0.29) is 0 Å². The molecule has 0 heterocycles. The molecule has 1 saturated carbocycles. The first-order chi connectivity index (χ1) is 7.31. The van der Waals surface area contributed by atoms with Crippen molar-refractivity contribution in [3.63, 3.8) is 0 Å². The maximum Gasteiger partial charge on any atom is 0.0868 e. The molecular weight excluding hydrogens is 184 g/mol. The third-order valence-electron chi connectivity index (χ3n) is 3.69. The van der Waals surface area contributed by atoms with Crippen LogP contribution in [0.3, 0.4) is 0 Å². The van der Waals surface area contributed by atoms with Crippen molar-refractivity contribution in [2.24, 2.45) is 5.92 Å². The van der Waals surface area contributed by atoms with Gasteiger partial charge in [0.15, 0.2) is 0 Å². The first-order valence-corrected chi connectivity index (χ1v) is 6.42. The molecule has 0 unspecified atom stereocenters. The second-order valence-electron chi connectivity index (χ2n) is 4.71. The van der Waals surface area contributed by atoms with E-state index in [2.05, 4.69) is 24.8 Å². The van der Waals surface area contributed by atoms with Gasteiger partial charge in [0.25, 0.3) is 0 Å². The Labute approximate surface area is 94.3 Å². The predicted molar refractivity (Wildman–Crippen MR) is 63.5 cm³/mol. The standard InChI is InChI=1S/C13H24N2/c1-3-10-15(11-9-14)13-7-5-12(4-2)6-8-13/h12-13H,3-8,10-11H2,1-2H3. The largest absolute Gasteiger partial charge is 0.288 e. The normalized spacial score (nSPS) is 26.5. The summed E-state index contributed by atoms with van der Waals surface area (Å²) in [6, 6.07) is 2.99. The van der Waals surface area contributed by atoms with E-state index in [9.17, 15) is 0 Å². The van der Waals surface area contributed by atoms with E-state index in [1.165, 1.54) is 32.1 Å². The van der Waals surface area contributed by atoms with Crippen molar-refractivity contribution in [3.05, 3.63) is 0 Å². The van der Waals surface area contributed by atoms with Crippen LogP contribution in [0.25, 0.3) is 0 Å². The van der Waals surface area contributed by atoms with E-state index in [1.54, 1.807) is 0 Å². The van der Waals surface area contributed by atoms with Gasteiger partial charge in [0, 0.05) is 6.04 Å². The summed E-state index contributed by atoms with van der Waals surface area (Å²) in [5, 5.41) is 8.80. The first kappa shape index (κ1) is 12.5. The van der Waals surface area contributed by atoms with Crippen LogP contribution in [-0.2, 0) is 0 Å². The van der Waals surface area contributed by atoms with Crippen molar-refractivity contribution in [2.45, 2.75) is 58.4 Å². The molecule has 1 fully saturated rings. The Morgan fingerprint density at radius 2 is 1.87 bits per heavy atom. The molecule has 0 aromatic heterocycles. The Bertz CT molecular complexity index is 199. The summed E-state index contributed by atoms with van der Waals surface area (Å²) in [5.41, 5.74) is 0. The molecule has 1 rings (SSSR count). The highest BCUT2D eigenvalue weighted by Gasteiger charge is 2.24. The van der Waals surface area contributed by atoms with E-state index in [1.807, 2.05) is 0 Å². The predicted octanol–water partition coefficient (Wildman–Crippen LogP) is 3.19. The third-order valence-corrected chi connectivity index (χ3v) is 3.69. The highest BCUT2D eigenvalue weighted by Crippen LogP contribution is 2.29. The molecule has 0 N–H and O–H groups in total. The minimum absolute atomic E-state index is 0.620. The van der Waals surface area contributed by atoms with Gasteiger partial charge in [-0.05, 0) is 44.6 Å². The van der Waals surface area contributed by atoms with E-state index >= 15 is 0 Å². The number of hydrogen-bond acceptors (Lipinski definition) is 2. The summed E-state index contributed by atoms with van der Waals surface area (Å²) >= 11 is 0. The highest BCUT2D eigenvalue weighted by atomic mass is 15.1. The van der Waals surface area contributed by atoms with Gasteiger partial charge in [0.2, 0.25) is 0 Å². The molecule has 0 radical (unpaired) electrons. The number of hydrogen-bond donors (Lipinski definition) is 0. The zero-order valence-corrected chi connectivity index (χ0v) is 10.2. The lowest BCUT2D eigenvalue weighted by atomic mass is 9.84. The minimum atomic E-state index is 0.620. The van der Waals surface area contributed by atoms with Gasteiger partial charge in [-0.15, -0.1) is 0 Å². The van der Waals surface area contributed by atoms with Gasteiger partial charge in [-0.3, -0.25) is 4.90 Å². The van der Waals surface area contributed by atoms with E-state index in [0.29, 0.717) is 12.6 Å². The van der Waals surface area contributed by atoms with Crippen LogP contribution in [-0.4, -0.2) is 24.0 Å². The summed E-state index contributed by atoms with van der Waals surface area (Å²) < 4.78 is 0. The van der Waals surface area contributed by atoms with Gasteiger partial charge in [-0.2, -0.15) is 5.26 Å². The number of rotatable bonds is 5. The summed E-state index contributed by atoms with van der Waals surface area (Å²) in [4.78, 5) is 2.38. The quantitative estimate of drug-likeness (QED) is 0.649. The average molecular weight is 208 g/mol. The zero-order valence-electron chi connectivity index (χ0n) is 10.2. The van der Waals surface area contributed by atoms with Crippen LogP contribution in [0.1, 0.15) is 52.4 Å². The van der Waals surface area contributed by atoms with Crippen molar-refractivity contribution in [1.29, 1.82) is 5.26 Å². The van der Waals surface area contributed by atoms with Crippen LogP contribution in [0.5, 0.6) is 0 Å². The molecule has 0 saturated heterocycles. The van der Waals surface area contributed by atoms with Crippen LogP contribution in [0.2, 0.25) is 0 Å². The highest BCUT2D eigenvalue weighted by molar-refractivity contribution is 4.84. The molecule has 2 heteroatoms. The Morgan fingerprint density at radius 1 is 1.20 bits per heavy atom.